The van der Waals surface area contributed by atoms with Crippen LogP contribution in [-0.4, -0.2) is 75.4 Å². The topological polar surface area (TPSA) is 134 Å². The van der Waals surface area contributed by atoms with Crippen molar-refractivity contribution in [1.82, 2.24) is 24.5 Å². The zero-order chi connectivity index (χ0) is 25.6. The summed E-state index contributed by atoms with van der Waals surface area (Å²) < 4.78 is 1.80. The highest BCUT2D eigenvalue weighted by atomic mass is 16.2. The van der Waals surface area contributed by atoms with E-state index in [4.69, 9.17) is 10.1 Å². The summed E-state index contributed by atoms with van der Waals surface area (Å²) in [5, 5.41) is 22.4. The van der Waals surface area contributed by atoms with Crippen LogP contribution in [0.4, 0.5) is 17.6 Å². The molecule has 0 fully saturated rings. The van der Waals surface area contributed by atoms with E-state index in [1.54, 1.807) is 11.4 Å². The summed E-state index contributed by atoms with van der Waals surface area (Å²) in [5.41, 5.74) is 4.22. The van der Waals surface area contributed by atoms with Crippen LogP contribution in [-0.2, 0) is 6.54 Å². The Bertz CT molecular complexity index is 1050. The molecule has 0 aliphatic heterocycles. The quantitative estimate of drug-likeness (QED) is 0.278. The van der Waals surface area contributed by atoms with Crippen LogP contribution in [0.5, 0.6) is 0 Å². The van der Waals surface area contributed by atoms with Crippen LogP contribution in [0.1, 0.15) is 51.2 Å². The minimum atomic E-state index is 0. The van der Waals surface area contributed by atoms with Gasteiger partial charge in [0, 0.05) is 44.0 Å². The van der Waals surface area contributed by atoms with Crippen molar-refractivity contribution >= 4 is 23.2 Å². The van der Waals surface area contributed by atoms with E-state index in [0.29, 0.717) is 24.4 Å². The molecule has 0 atom stereocenters. The summed E-state index contributed by atoms with van der Waals surface area (Å²) >= 11 is 0. The summed E-state index contributed by atoms with van der Waals surface area (Å²) in [7, 11) is 4.13. The van der Waals surface area contributed by atoms with Gasteiger partial charge in [0.05, 0.1) is 6.20 Å². The Kier molecular flexibility index (Phi) is 14.1. The first-order valence-corrected chi connectivity index (χ1v) is 12.4. The van der Waals surface area contributed by atoms with Gasteiger partial charge in [0.25, 0.3) is 0 Å². The first kappa shape index (κ1) is 30.8. The molecule has 2 aromatic heterocycles. The molecule has 0 aliphatic rings. The highest BCUT2D eigenvalue weighted by Gasteiger charge is 2.15. The first-order chi connectivity index (χ1) is 16.9. The SMILES string of the molecule is CCCNc1nc(NCc2ccccc2NC/C=C/CN(C)C)n2ncc(C(C)C)c2n1.CCO.O. The molecule has 6 N–H and O–H groups in total. The van der Waals surface area contributed by atoms with Gasteiger partial charge in [-0.25, -0.2) is 0 Å². The third-order valence-electron chi connectivity index (χ3n) is 5.05. The summed E-state index contributed by atoms with van der Waals surface area (Å²) in [5.74, 6) is 1.64. The Labute approximate surface area is 215 Å². The number of fused-ring (bicyclic) bond motifs is 1. The molecule has 0 aliphatic carbocycles. The smallest absolute Gasteiger partial charge is 0.229 e. The first-order valence-electron chi connectivity index (χ1n) is 12.4. The van der Waals surface area contributed by atoms with Crippen LogP contribution in [0.25, 0.3) is 5.65 Å². The molecule has 36 heavy (non-hydrogen) atoms. The fraction of sp³-hybridized carbons (Fsp3) is 0.500. The number of aliphatic hydroxyl groups is 1. The average Bonchev–Trinajstić information content (AvgIpc) is 3.26. The number of nitrogens with zero attached hydrogens (tertiary/aromatic N) is 5. The second-order valence-electron chi connectivity index (χ2n) is 8.73. The Morgan fingerprint density at radius 3 is 2.44 bits per heavy atom. The van der Waals surface area contributed by atoms with E-state index in [1.807, 2.05) is 12.3 Å². The van der Waals surface area contributed by atoms with E-state index in [0.717, 1.165) is 43.0 Å². The number of aromatic nitrogens is 4. The number of para-hydroxylation sites is 1. The number of hydrogen-bond acceptors (Lipinski definition) is 8. The van der Waals surface area contributed by atoms with Gasteiger partial charge < -0.3 is 31.4 Å². The largest absolute Gasteiger partial charge is 0.412 e. The van der Waals surface area contributed by atoms with E-state index in [2.05, 4.69) is 96.2 Å². The Morgan fingerprint density at radius 2 is 1.78 bits per heavy atom. The van der Waals surface area contributed by atoms with E-state index < -0.39 is 0 Å². The van der Waals surface area contributed by atoms with Gasteiger partial charge in [-0.1, -0.05) is 51.1 Å². The molecule has 10 heteroatoms. The molecule has 0 bridgehead atoms. The van der Waals surface area contributed by atoms with Crippen LogP contribution in [0.3, 0.4) is 0 Å². The van der Waals surface area contributed by atoms with Crippen LogP contribution in [0.2, 0.25) is 0 Å². The number of nitrogens with one attached hydrogen (secondary N) is 3. The fourth-order valence-electron chi connectivity index (χ4n) is 3.29. The molecule has 1 aromatic carbocycles. The molecule has 0 unspecified atom stereocenters. The van der Waals surface area contributed by atoms with Gasteiger partial charge >= 0.3 is 0 Å². The van der Waals surface area contributed by atoms with Crippen molar-refractivity contribution in [2.24, 2.45) is 0 Å². The van der Waals surface area contributed by atoms with Crippen molar-refractivity contribution < 1.29 is 10.6 Å². The van der Waals surface area contributed by atoms with E-state index in [-0.39, 0.29) is 12.1 Å². The van der Waals surface area contributed by atoms with E-state index >= 15 is 0 Å². The molecular formula is C26H44N8O2. The van der Waals surface area contributed by atoms with Crippen LogP contribution >= 0.6 is 0 Å². The van der Waals surface area contributed by atoms with Gasteiger partial charge in [-0.05, 0) is 45.0 Å². The number of aliphatic hydroxyl groups excluding tert-OH is 1. The second kappa shape index (κ2) is 16.5. The van der Waals surface area contributed by atoms with Crippen molar-refractivity contribution in [2.45, 2.75) is 46.6 Å². The van der Waals surface area contributed by atoms with Gasteiger partial charge in [0.15, 0.2) is 5.65 Å². The molecule has 2 heterocycles. The van der Waals surface area contributed by atoms with E-state index in [9.17, 15) is 0 Å². The number of hydrogen-bond donors (Lipinski definition) is 4. The molecule has 3 aromatic rings. The van der Waals surface area contributed by atoms with Gasteiger partial charge in [0.2, 0.25) is 11.9 Å². The molecule has 0 saturated carbocycles. The van der Waals surface area contributed by atoms with Gasteiger partial charge in [0.1, 0.15) is 0 Å². The highest BCUT2D eigenvalue weighted by Crippen LogP contribution is 2.23. The zero-order valence-corrected chi connectivity index (χ0v) is 22.5. The predicted molar refractivity (Wildman–Crippen MR) is 150 cm³/mol. The summed E-state index contributed by atoms with van der Waals surface area (Å²) in [4.78, 5) is 11.5. The maximum absolute atomic E-state index is 7.57. The number of anilines is 3. The third-order valence-corrected chi connectivity index (χ3v) is 5.05. The molecule has 0 saturated heterocycles. The minimum Gasteiger partial charge on any atom is -0.412 e. The van der Waals surface area contributed by atoms with Crippen LogP contribution in [0, 0.1) is 0 Å². The van der Waals surface area contributed by atoms with Gasteiger partial charge in [-0.2, -0.15) is 19.6 Å². The lowest BCUT2D eigenvalue weighted by atomic mass is 10.1. The van der Waals surface area contributed by atoms with Crippen molar-refractivity contribution in [1.29, 1.82) is 0 Å². The molecule has 0 spiro atoms. The third kappa shape index (κ3) is 9.44. The Morgan fingerprint density at radius 1 is 1.06 bits per heavy atom. The summed E-state index contributed by atoms with van der Waals surface area (Å²) in [6.45, 7) is 11.5. The second-order valence-corrected chi connectivity index (χ2v) is 8.73. The molecule has 0 radical (unpaired) electrons. The maximum atomic E-state index is 7.57. The Balaban J connectivity index is 0.00000154. The summed E-state index contributed by atoms with van der Waals surface area (Å²) in [6.07, 6.45) is 7.22. The maximum Gasteiger partial charge on any atom is 0.229 e. The van der Waals surface area contributed by atoms with Crippen LogP contribution in [0.15, 0.2) is 42.6 Å². The molecule has 10 nitrogen and oxygen atoms in total. The molecule has 200 valence electrons. The minimum absolute atomic E-state index is 0. The predicted octanol–water partition coefficient (Wildman–Crippen LogP) is 3.39. The molecule has 3 rings (SSSR count). The summed E-state index contributed by atoms with van der Waals surface area (Å²) in [6, 6.07) is 8.33. The fourth-order valence-corrected chi connectivity index (χ4v) is 3.29. The standard InChI is InChI=1S/C24H36N8.C2H6O.H2O/c1-6-13-26-23-29-22-20(18(2)3)17-28-32(22)24(30-23)27-16-19-11-7-8-12-21(19)25-14-9-10-15-31(4)5;1-2-3;/h7-12,17-18,25H,6,13-16H2,1-5H3,(H2,26,27,29,30);3H,2H2,1H3;1H2/b10-9+;;. The van der Waals surface area contributed by atoms with Crippen molar-refractivity contribution in [3.63, 3.8) is 0 Å². The van der Waals surface area contributed by atoms with Crippen molar-refractivity contribution in [2.75, 3.05) is 56.3 Å². The lowest BCUT2D eigenvalue weighted by Crippen LogP contribution is -2.14. The molecular weight excluding hydrogens is 456 g/mol. The number of rotatable bonds is 12. The highest BCUT2D eigenvalue weighted by molar-refractivity contribution is 5.57. The van der Waals surface area contributed by atoms with Crippen LogP contribution < -0.4 is 16.0 Å². The normalized spacial score (nSPS) is 10.9. The lowest BCUT2D eigenvalue weighted by molar-refractivity contribution is 0.318. The average molecular weight is 501 g/mol. The Hall–Kier alpha value is -3.21. The lowest BCUT2D eigenvalue weighted by Gasteiger charge is -2.14. The van der Waals surface area contributed by atoms with E-state index in [1.165, 1.54) is 5.56 Å². The number of benzene rings is 1. The van der Waals surface area contributed by atoms with Gasteiger partial charge in [-0.15, -0.1) is 0 Å². The van der Waals surface area contributed by atoms with Crippen molar-refractivity contribution in [3.8, 4) is 0 Å². The molecule has 0 amide bonds. The zero-order valence-electron chi connectivity index (χ0n) is 22.5. The van der Waals surface area contributed by atoms with Gasteiger partial charge in [-0.3, -0.25) is 0 Å². The monoisotopic (exact) mass is 500 g/mol. The van der Waals surface area contributed by atoms with Crippen molar-refractivity contribution in [3.05, 3.63) is 53.7 Å². The number of likely N-dealkylation sites (N-methyl/N-ethyl adjacent to an activating group) is 1.